The van der Waals surface area contributed by atoms with E-state index in [4.69, 9.17) is 0 Å². The lowest BCUT2D eigenvalue weighted by molar-refractivity contribution is -0.120. The van der Waals surface area contributed by atoms with Gasteiger partial charge in [0, 0.05) is 18.4 Å². The third-order valence-corrected chi connectivity index (χ3v) is 3.63. The standard InChI is InChI=1S/C15H18N4O.ClH/c20-15(12-2-1-8-16-10-12)18-13-5-3-11(4-6-13)14-7-9-17-19-14;/h3-7,9,12,16H,1-2,8,10H2,(H,17,19)(H,18,20);1H. The Morgan fingerprint density at radius 2 is 2.05 bits per heavy atom. The highest BCUT2D eigenvalue weighted by molar-refractivity contribution is 5.93. The van der Waals surface area contributed by atoms with Crippen LogP contribution in [0, 0.1) is 5.92 Å². The van der Waals surface area contributed by atoms with Crippen molar-refractivity contribution in [1.29, 1.82) is 0 Å². The number of hydrogen-bond acceptors (Lipinski definition) is 3. The van der Waals surface area contributed by atoms with Gasteiger partial charge in [-0.3, -0.25) is 9.89 Å². The molecular formula is C15H19ClN4O. The number of H-pyrrole nitrogens is 1. The van der Waals surface area contributed by atoms with Crippen molar-refractivity contribution in [1.82, 2.24) is 15.5 Å². The first kappa shape index (κ1) is 15.5. The molecule has 1 unspecified atom stereocenters. The minimum atomic E-state index is 0. The van der Waals surface area contributed by atoms with E-state index in [2.05, 4.69) is 20.8 Å². The number of halogens is 1. The number of hydrogen-bond donors (Lipinski definition) is 3. The van der Waals surface area contributed by atoms with Crippen molar-refractivity contribution in [3.63, 3.8) is 0 Å². The van der Waals surface area contributed by atoms with E-state index in [1.807, 2.05) is 30.3 Å². The monoisotopic (exact) mass is 306 g/mol. The van der Waals surface area contributed by atoms with E-state index >= 15 is 0 Å². The third kappa shape index (κ3) is 3.83. The summed E-state index contributed by atoms with van der Waals surface area (Å²) in [6.45, 7) is 1.79. The average Bonchev–Trinajstić information content (AvgIpc) is 3.03. The maximum Gasteiger partial charge on any atom is 0.228 e. The first-order chi connectivity index (χ1) is 9.83. The molecule has 3 rings (SSSR count). The molecule has 2 aromatic rings. The van der Waals surface area contributed by atoms with Crippen LogP contribution in [0.15, 0.2) is 36.5 Å². The molecule has 2 heterocycles. The Morgan fingerprint density at radius 3 is 2.67 bits per heavy atom. The zero-order chi connectivity index (χ0) is 13.8. The van der Waals surface area contributed by atoms with Gasteiger partial charge in [0.1, 0.15) is 0 Å². The smallest absolute Gasteiger partial charge is 0.228 e. The van der Waals surface area contributed by atoms with Gasteiger partial charge in [0.2, 0.25) is 5.91 Å². The van der Waals surface area contributed by atoms with E-state index in [9.17, 15) is 4.79 Å². The highest BCUT2D eigenvalue weighted by Crippen LogP contribution is 2.20. The Bertz CT molecular complexity index is 562. The Hall–Kier alpha value is -1.85. The maximum atomic E-state index is 12.1. The quantitative estimate of drug-likeness (QED) is 0.816. The summed E-state index contributed by atoms with van der Waals surface area (Å²) in [6.07, 6.45) is 3.75. The fourth-order valence-corrected chi connectivity index (χ4v) is 2.47. The summed E-state index contributed by atoms with van der Waals surface area (Å²) in [5.74, 6) is 0.183. The van der Waals surface area contributed by atoms with E-state index in [1.165, 1.54) is 0 Å². The molecule has 1 fully saturated rings. The second-order valence-corrected chi connectivity index (χ2v) is 5.08. The molecule has 1 amide bonds. The summed E-state index contributed by atoms with van der Waals surface area (Å²) in [5, 5.41) is 13.1. The highest BCUT2D eigenvalue weighted by atomic mass is 35.5. The SMILES string of the molecule is Cl.O=C(Nc1ccc(-c2ccn[nH]2)cc1)C1CCCNC1. The zero-order valence-corrected chi connectivity index (χ0v) is 12.5. The number of carbonyl (C=O) groups is 1. The van der Waals surface area contributed by atoms with E-state index in [0.717, 1.165) is 42.9 Å². The molecule has 1 aliphatic rings. The first-order valence-corrected chi connectivity index (χ1v) is 6.94. The van der Waals surface area contributed by atoms with Gasteiger partial charge >= 0.3 is 0 Å². The molecule has 1 saturated heterocycles. The van der Waals surface area contributed by atoms with E-state index < -0.39 is 0 Å². The van der Waals surface area contributed by atoms with Crippen LogP contribution in [0.5, 0.6) is 0 Å². The fourth-order valence-electron chi connectivity index (χ4n) is 2.47. The molecule has 1 aliphatic heterocycles. The van der Waals surface area contributed by atoms with Crippen LogP contribution in [-0.2, 0) is 4.79 Å². The predicted molar refractivity (Wildman–Crippen MR) is 85.5 cm³/mol. The van der Waals surface area contributed by atoms with E-state index in [-0.39, 0.29) is 24.2 Å². The number of carbonyl (C=O) groups excluding carboxylic acids is 1. The molecule has 21 heavy (non-hydrogen) atoms. The Balaban J connectivity index is 0.00000161. The second-order valence-electron chi connectivity index (χ2n) is 5.08. The Morgan fingerprint density at radius 1 is 1.24 bits per heavy atom. The van der Waals surface area contributed by atoms with Gasteiger partial charge in [-0.2, -0.15) is 5.10 Å². The molecule has 1 aromatic heterocycles. The van der Waals surface area contributed by atoms with Crippen molar-refractivity contribution < 1.29 is 4.79 Å². The molecule has 0 aliphatic carbocycles. The largest absolute Gasteiger partial charge is 0.326 e. The molecule has 1 aromatic carbocycles. The molecule has 112 valence electrons. The summed E-state index contributed by atoms with van der Waals surface area (Å²) in [5.41, 5.74) is 2.86. The second kappa shape index (κ2) is 7.24. The maximum absolute atomic E-state index is 12.1. The van der Waals surface area contributed by atoms with Crippen LogP contribution in [0.1, 0.15) is 12.8 Å². The van der Waals surface area contributed by atoms with Crippen LogP contribution >= 0.6 is 12.4 Å². The summed E-state index contributed by atoms with van der Waals surface area (Å²) in [4.78, 5) is 12.1. The van der Waals surface area contributed by atoms with Crippen LogP contribution in [-0.4, -0.2) is 29.2 Å². The van der Waals surface area contributed by atoms with Gasteiger partial charge in [0.15, 0.2) is 0 Å². The predicted octanol–water partition coefficient (Wildman–Crippen LogP) is 2.44. The fraction of sp³-hybridized carbons (Fsp3) is 0.333. The zero-order valence-electron chi connectivity index (χ0n) is 11.6. The summed E-state index contributed by atoms with van der Waals surface area (Å²) in [7, 11) is 0. The van der Waals surface area contributed by atoms with Crippen molar-refractivity contribution in [2.45, 2.75) is 12.8 Å². The van der Waals surface area contributed by atoms with Crippen molar-refractivity contribution in [3.8, 4) is 11.3 Å². The normalized spacial score (nSPS) is 17.8. The Kier molecular flexibility index (Phi) is 5.36. The molecular weight excluding hydrogens is 288 g/mol. The van der Waals surface area contributed by atoms with Gasteiger partial charge in [-0.15, -0.1) is 12.4 Å². The molecule has 0 spiro atoms. The number of amides is 1. The molecule has 0 saturated carbocycles. The van der Waals surface area contributed by atoms with Gasteiger partial charge in [-0.25, -0.2) is 0 Å². The van der Waals surface area contributed by atoms with Crippen LogP contribution in [0.3, 0.4) is 0 Å². The molecule has 0 bridgehead atoms. The molecule has 3 N–H and O–H groups in total. The van der Waals surface area contributed by atoms with Crippen LogP contribution in [0.25, 0.3) is 11.3 Å². The van der Waals surface area contributed by atoms with Crippen molar-refractivity contribution in [2.75, 3.05) is 18.4 Å². The highest BCUT2D eigenvalue weighted by Gasteiger charge is 2.20. The lowest BCUT2D eigenvalue weighted by Crippen LogP contribution is -2.37. The number of nitrogens with zero attached hydrogens (tertiary/aromatic N) is 1. The van der Waals surface area contributed by atoms with E-state index in [1.54, 1.807) is 6.20 Å². The van der Waals surface area contributed by atoms with Crippen LogP contribution < -0.4 is 10.6 Å². The summed E-state index contributed by atoms with van der Waals surface area (Å²) >= 11 is 0. The van der Waals surface area contributed by atoms with Crippen molar-refractivity contribution in [2.24, 2.45) is 5.92 Å². The number of rotatable bonds is 3. The number of aromatic nitrogens is 2. The number of piperidine rings is 1. The van der Waals surface area contributed by atoms with Crippen LogP contribution in [0.4, 0.5) is 5.69 Å². The van der Waals surface area contributed by atoms with Gasteiger partial charge in [-0.05, 0) is 43.1 Å². The topological polar surface area (TPSA) is 69.8 Å². The lowest BCUT2D eigenvalue weighted by Gasteiger charge is -2.21. The van der Waals surface area contributed by atoms with Gasteiger partial charge < -0.3 is 10.6 Å². The van der Waals surface area contributed by atoms with Crippen molar-refractivity contribution >= 4 is 24.0 Å². The number of benzene rings is 1. The average molecular weight is 307 g/mol. The summed E-state index contributed by atoms with van der Waals surface area (Å²) in [6, 6.07) is 9.71. The minimum Gasteiger partial charge on any atom is -0.326 e. The number of anilines is 1. The minimum absolute atomic E-state index is 0. The Labute approximate surface area is 129 Å². The molecule has 6 heteroatoms. The third-order valence-electron chi connectivity index (χ3n) is 3.63. The van der Waals surface area contributed by atoms with Crippen molar-refractivity contribution in [3.05, 3.63) is 36.5 Å². The molecule has 5 nitrogen and oxygen atoms in total. The first-order valence-electron chi connectivity index (χ1n) is 6.94. The van der Waals surface area contributed by atoms with Gasteiger partial charge in [0.25, 0.3) is 0 Å². The van der Waals surface area contributed by atoms with E-state index in [0.29, 0.717) is 0 Å². The number of nitrogens with one attached hydrogen (secondary N) is 3. The molecule has 1 atom stereocenters. The number of aromatic amines is 1. The lowest BCUT2D eigenvalue weighted by atomic mass is 9.99. The van der Waals surface area contributed by atoms with Gasteiger partial charge in [-0.1, -0.05) is 12.1 Å². The molecule has 0 radical (unpaired) electrons. The van der Waals surface area contributed by atoms with Gasteiger partial charge in [0.05, 0.1) is 11.6 Å². The summed E-state index contributed by atoms with van der Waals surface area (Å²) < 4.78 is 0. The van der Waals surface area contributed by atoms with Crippen LogP contribution in [0.2, 0.25) is 0 Å².